The predicted octanol–water partition coefficient (Wildman–Crippen LogP) is 1.96. The van der Waals surface area contributed by atoms with Gasteiger partial charge in [0.15, 0.2) is 0 Å². The fourth-order valence-corrected chi connectivity index (χ4v) is 2.34. The van der Waals surface area contributed by atoms with E-state index in [2.05, 4.69) is 10.1 Å². The Bertz CT molecular complexity index is 519. The summed E-state index contributed by atoms with van der Waals surface area (Å²) in [5, 5.41) is 2.89. The Morgan fingerprint density at radius 1 is 1.29 bits per heavy atom. The first-order chi connectivity index (χ1) is 9.51. The van der Waals surface area contributed by atoms with Gasteiger partial charge in [-0.3, -0.25) is 4.79 Å². The molecule has 1 heterocycles. The van der Waals surface area contributed by atoms with E-state index in [1.54, 1.807) is 6.92 Å². The van der Waals surface area contributed by atoms with Crippen molar-refractivity contribution in [3.63, 3.8) is 0 Å². The molecule has 7 heteroatoms. The SMILES string of the molecule is CCOC(=O)C(=O)C1C[C@@H](c2cc(F)cc(F)c2)CN1.Cl. The van der Waals surface area contributed by atoms with Crippen LogP contribution in [0, 0.1) is 11.6 Å². The second-order valence-corrected chi connectivity index (χ2v) is 4.68. The number of nitrogens with one attached hydrogen (secondary N) is 1. The first-order valence-corrected chi connectivity index (χ1v) is 6.41. The van der Waals surface area contributed by atoms with Crippen molar-refractivity contribution in [1.82, 2.24) is 5.32 Å². The Kier molecular flexibility index (Phi) is 6.23. The Morgan fingerprint density at radius 3 is 2.48 bits per heavy atom. The summed E-state index contributed by atoms with van der Waals surface area (Å²) in [7, 11) is 0. The topological polar surface area (TPSA) is 55.4 Å². The Morgan fingerprint density at radius 2 is 1.90 bits per heavy atom. The van der Waals surface area contributed by atoms with Crippen LogP contribution in [0.4, 0.5) is 8.78 Å². The maximum absolute atomic E-state index is 13.2. The van der Waals surface area contributed by atoms with Crippen LogP contribution in [0.1, 0.15) is 24.8 Å². The van der Waals surface area contributed by atoms with E-state index in [0.717, 1.165) is 6.07 Å². The summed E-state index contributed by atoms with van der Waals surface area (Å²) in [6, 6.07) is 2.62. The van der Waals surface area contributed by atoms with Crippen LogP contribution in [-0.4, -0.2) is 30.9 Å². The minimum Gasteiger partial charge on any atom is -0.460 e. The van der Waals surface area contributed by atoms with Crippen LogP contribution < -0.4 is 5.32 Å². The second-order valence-electron chi connectivity index (χ2n) is 4.68. The number of esters is 1. The number of Topliss-reactive ketones (excluding diaryl/α,β-unsaturated/α-hetero) is 1. The molecule has 1 aromatic rings. The Balaban J connectivity index is 0.00000220. The molecule has 0 radical (unpaired) electrons. The molecule has 0 saturated carbocycles. The van der Waals surface area contributed by atoms with Crippen molar-refractivity contribution in [3.8, 4) is 0 Å². The van der Waals surface area contributed by atoms with Gasteiger partial charge in [0.05, 0.1) is 12.6 Å². The smallest absolute Gasteiger partial charge is 0.376 e. The molecule has 1 N–H and O–H groups in total. The predicted molar refractivity (Wildman–Crippen MR) is 74.4 cm³/mol. The zero-order valence-corrected chi connectivity index (χ0v) is 12.2. The summed E-state index contributed by atoms with van der Waals surface area (Å²) in [6.45, 7) is 2.14. The highest BCUT2D eigenvalue weighted by molar-refractivity contribution is 6.35. The van der Waals surface area contributed by atoms with Gasteiger partial charge in [-0.05, 0) is 37.0 Å². The first kappa shape index (κ1) is 17.5. The third-order valence-corrected chi connectivity index (χ3v) is 3.28. The Hall–Kier alpha value is -1.53. The number of ketones is 1. The van der Waals surface area contributed by atoms with E-state index in [0.29, 0.717) is 18.5 Å². The highest BCUT2D eigenvalue weighted by Crippen LogP contribution is 2.27. The molecule has 0 bridgehead atoms. The molecule has 1 fully saturated rings. The molecule has 1 aliphatic heterocycles. The van der Waals surface area contributed by atoms with Crippen molar-refractivity contribution >= 4 is 24.2 Å². The van der Waals surface area contributed by atoms with Crippen LogP contribution in [-0.2, 0) is 14.3 Å². The van der Waals surface area contributed by atoms with Crippen LogP contribution in [0.15, 0.2) is 18.2 Å². The van der Waals surface area contributed by atoms with E-state index in [4.69, 9.17) is 0 Å². The van der Waals surface area contributed by atoms with Crippen LogP contribution in [0.25, 0.3) is 0 Å². The molecular formula is C14H16ClF2NO3. The molecule has 0 aromatic heterocycles. The standard InChI is InChI=1S/C14H15F2NO3.ClH/c1-2-20-14(19)13(18)12-5-9(7-17-12)8-3-10(15)6-11(16)4-8;/h3-4,6,9,12,17H,2,5,7H2,1H3;1H/t9-,12?;/m1./s1. The molecule has 2 rings (SSSR count). The lowest BCUT2D eigenvalue weighted by Gasteiger charge is -2.10. The van der Waals surface area contributed by atoms with E-state index < -0.39 is 29.4 Å². The number of halogens is 3. The molecule has 116 valence electrons. The lowest BCUT2D eigenvalue weighted by atomic mass is 9.95. The van der Waals surface area contributed by atoms with E-state index in [1.165, 1.54) is 12.1 Å². The fourth-order valence-electron chi connectivity index (χ4n) is 2.34. The van der Waals surface area contributed by atoms with Crippen molar-refractivity contribution in [2.75, 3.05) is 13.2 Å². The van der Waals surface area contributed by atoms with Gasteiger partial charge in [0, 0.05) is 12.6 Å². The molecule has 1 saturated heterocycles. The molecular weight excluding hydrogens is 304 g/mol. The first-order valence-electron chi connectivity index (χ1n) is 6.41. The average molecular weight is 320 g/mol. The van der Waals surface area contributed by atoms with Gasteiger partial charge in [-0.1, -0.05) is 0 Å². The normalized spacial score (nSPS) is 20.7. The number of carbonyl (C=O) groups excluding carboxylic acids is 2. The fraction of sp³-hybridized carbons (Fsp3) is 0.429. The minimum atomic E-state index is -0.879. The van der Waals surface area contributed by atoms with E-state index >= 15 is 0 Å². The molecule has 0 spiro atoms. The molecule has 0 amide bonds. The Labute approximate surface area is 127 Å². The lowest BCUT2D eigenvalue weighted by Crippen LogP contribution is -2.36. The van der Waals surface area contributed by atoms with Gasteiger partial charge in [0.25, 0.3) is 5.78 Å². The van der Waals surface area contributed by atoms with Gasteiger partial charge in [0.1, 0.15) is 11.6 Å². The highest BCUT2D eigenvalue weighted by atomic mass is 35.5. The van der Waals surface area contributed by atoms with Crippen LogP contribution >= 0.6 is 12.4 Å². The van der Waals surface area contributed by atoms with Crippen LogP contribution in [0.5, 0.6) is 0 Å². The number of hydrogen-bond acceptors (Lipinski definition) is 4. The number of rotatable bonds is 4. The monoisotopic (exact) mass is 319 g/mol. The zero-order chi connectivity index (χ0) is 14.7. The highest BCUT2D eigenvalue weighted by Gasteiger charge is 2.34. The summed E-state index contributed by atoms with van der Waals surface area (Å²) in [5.74, 6) is -3.04. The van der Waals surface area contributed by atoms with Gasteiger partial charge in [-0.2, -0.15) is 0 Å². The van der Waals surface area contributed by atoms with Crippen molar-refractivity contribution in [3.05, 3.63) is 35.4 Å². The van der Waals surface area contributed by atoms with E-state index in [-0.39, 0.29) is 24.9 Å². The summed E-state index contributed by atoms with van der Waals surface area (Å²) >= 11 is 0. The molecule has 1 aliphatic rings. The van der Waals surface area contributed by atoms with Gasteiger partial charge in [0.2, 0.25) is 0 Å². The molecule has 1 unspecified atom stereocenters. The van der Waals surface area contributed by atoms with E-state index in [9.17, 15) is 18.4 Å². The van der Waals surface area contributed by atoms with E-state index in [1.807, 2.05) is 0 Å². The molecule has 21 heavy (non-hydrogen) atoms. The van der Waals surface area contributed by atoms with Crippen molar-refractivity contribution in [2.24, 2.45) is 0 Å². The summed E-state index contributed by atoms with van der Waals surface area (Å²) in [4.78, 5) is 23.1. The molecule has 1 aromatic carbocycles. The largest absolute Gasteiger partial charge is 0.460 e. The van der Waals surface area contributed by atoms with Gasteiger partial charge in [-0.25, -0.2) is 13.6 Å². The van der Waals surface area contributed by atoms with Gasteiger partial charge >= 0.3 is 5.97 Å². The molecule has 4 nitrogen and oxygen atoms in total. The lowest BCUT2D eigenvalue weighted by molar-refractivity contribution is -0.154. The number of benzene rings is 1. The van der Waals surface area contributed by atoms with Crippen molar-refractivity contribution in [1.29, 1.82) is 0 Å². The number of carbonyl (C=O) groups is 2. The summed E-state index contributed by atoms with van der Waals surface area (Å²) in [5.41, 5.74) is 0.481. The van der Waals surface area contributed by atoms with Crippen molar-refractivity contribution in [2.45, 2.75) is 25.3 Å². The zero-order valence-electron chi connectivity index (χ0n) is 11.4. The third kappa shape index (κ3) is 4.22. The summed E-state index contributed by atoms with van der Waals surface area (Å²) < 4.78 is 31.0. The maximum atomic E-state index is 13.2. The number of hydrogen-bond donors (Lipinski definition) is 1. The molecule has 2 atom stereocenters. The summed E-state index contributed by atoms with van der Waals surface area (Å²) in [6.07, 6.45) is 0.320. The van der Waals surface area contributed by atoms with Crippen molar-refractivity contribution < 1.29 is 23.1 Å². The maximum Gasteiger partial charge on any atom is 0.376 e. The average Bonchev–Trinajstić information content (AvgIpc) is 2.86. The third-order valence-electron chi connectivity index (χ3n) is 3.28. The van der Waals surface area contributed by atoms with Crippen LogP contribution in [0.3, 0.4) is 0 Å². The van der Waals surface area contributed by atoms with Gasteiger partial charge < -0.3 is 10.1 Å². The second kappa shape index (κ2) is 7.47. The van der Waals surface area contributed by atoms with Crippen LogP contribution in [0.2, 0.25) is 0 Å². The quantitative estimate of drug-likeness (QED) is 0.681. The minimum absolute atomic E-state index is 0. The number of ether oxygens (including phenoxy) is 1. The van der Waals surface area contributed by atoms with Gasteiger partial charge in [-0.15, -0.1) is 12.4 Å². The molecule has 0 aliphatic carbocycles.